The smallest absolute Gasteiger partial charge is 0.404 e. The third-order valence-corrected chi connectivity index (χ3v) is 0.526. The van der Waals surface area contributed by atoms with Gasteiger partial charge in [-0.1, -0.05) is 29.5 Å². The van der Waals surface area contributed by atoms with Crippen molar-refractivity contribution in [2.24, 2.45) is 0 Å². The number of hydrogen-bond donors (Lipinski definition) is 2. The number of alkyl halides is 1. The van der Waals surface area contributed by atoms with Crippen LogP contribution in [-0.2, 0) is 0 Å². The lowest BCUT2D eigenvalue weighted by atomic mass is 10.5. The molecule has 0 fully saturated rings. The highest BCUT2D eigenvalue weighted by atomic mass is 127. The molecule has 0 saturated carbocycles. The number of rotatable bonds is 2. The van der Waals surface area contributed by atoms with Gasteiger partial charge < -0.3 is 10.4 Å². The maximum atomic E-state index is 9.65. The predicted molar refractivity (Wildman–Crippen MR) is 46.3 cm³/mol. The van der Waals surface area contributed by atoms with Gasteiger partial charge in [0, 0.05) is 6.54 Å². The molecule has 0 radical (unpaired) electrons. The summed E-state index contributed by atoms with van der Waals surface area (Å²) in [6, 6.07) is 0. The average molecular weight is 245 g/mol. The fraction of sp³-hybridized carbons (Fsp3) is 0.800. The van der Waals surface area contributed by atoms with Gasteiger partial charge in [0.25, 0.3) is 0 Å². The Morgan fingerprint density at radius 2 is 2.11 bits per heavy atom. The predicted octanol–water partition coefficient (Wildman–Crippen LogP) is 1.72. The Morgan fingerprint density at radius 3 is 2.22 bits per heavy atom. The van der Waals surface area contributed by atoms with Gasteiger partial charge in [-0.2, -0.15) is 0 Å². The molecule has 0 unspecified atom stereocenters. The zero-order valence-electron chi connectivity index (χ0n) is 5.65. The largest absolute Gasteiger partial charge is 0.465 e. The summed E-state index contributed by atoms with van der Waals surface area (Å²) in [6.45, 7) is 2.46. The van der Waals surface area contributed by atoms with Crippen molar-refractivity contribution in [3.05, 3.63) is 0 Å². The van der Waals surface area contributed by atoms with Crippen molar-refractivity contribution < 1.29 is 9.90 Å². The van der Waals surface area contributed by atoms with Crippen molar-refractivity contribution in [1.29, 1.82) is 0 Å². The SMILES string of the molecule is CCCNC(=O)O.CI. The van der Waals surface area contributed by atoms with Crippen LogP contribution in [0.25, 0.3) is 0 Å². The van der Waals surface area contributed by atoms with E-state index < -0.39 is 6.09 Å². The number of nitrogens with one attached hydrogen (secondary N) is 1. The van der Waals surface area contributed by atoms with E-state index in [0.717, 1.165) is 6.42 Å². The zero-order chi connectivity index (χ0) is 7.70. The second-order valence-electron chi connectivity index (χ2n) is 1.23. The monoisotopic (exact) mass is 245 g/mol. The fourth-order valence-corrected chi connectivity index (χ4v) is 0.232. The summed E-state index contributed by atoms with van der Waals surface area (Å²) < 4.78 is 0. The summed E-state index contributed by atoms with van der Waals surface area (Å²) in [7, 11) is 0. The van der Waals surface area contributed by atoms with E-state index in [4.69, 9.17) is 5.11 Å². The Hall–Kier alpha value is 0. The van der Waals surface area contributed by atoms with Crippen molar-refractivity contribution in [3.63, 3.8) is 0 Å². The third kappa shape index (κ3) is 18.0. The standard InChI is InChI=1S/C4H9NO2.CH3I/c1-2-3-5-4(6)7;1-2/h5H,2-3H2,1H3,(H,6,7);1H3. The van der Waals surface area contributed by atoms with E-state index in [1.807, 2.05) is 11.9 Å². The fourth-order valence-electron chi connectivity index (χ4n) is 0.232. The molecule has 9 heavy (non-hydrogen) atoms. The third-order valence-electron chi connectivity index (χ3n) is 0.526. The van der Waals surface area contributed by atoms with Crippen molar-refractivity contribution in [2.45, 2.75) is 13.3 Å². The van der Waals surface area contributed by atoms with Crippen LogP contribution in [-0.4, -0.2) is 22.7 Å². The molecule has 56 valence electrons. The Kier molecular flexibility index (Phi) is 14.2. The summed E-state index contributed by atoms with van der Waals surface area (Å²) in [4.78, 5) is 11.6. The molecule has 2 N–H and O–H groups in total. The quantitative estimate of drug-likeness (QED) is 0.574. The molecule has 0 bridgehead atoms. The highest BCUT2D eigenvalue weighted by Gasteiger charge is 1.86. The molecule has 0 aromatic heterocycles. The molecule has 0 saturated heterocycles. The summed E-state index contributed by atoms with van der Waals surface area (Å²) in [5, 5.41) is 10.1. The van der Waals surface area contributed by atoms with E-state index in [9.17, 15) is 4.79 Å². The number of carboxylic acid groups (broad SMARTS) is 1. The number of halogens is 1. The van der Waals surface area contributed by atoms with E-state index >= 15 is 0 Å². The molecule has 3 nitrogen and oxygen atoms in total. The van der Waals surface area contributed by atoms with E-state index in [2.05, 4.69) is 27.9 Å². The lowest BCUT2D eigenvalue weighted by Crippen LogP contribution is -2.20. The van der Waals surface area contributed by atoms with Crippen molar-refractivity contribution >= 4 is 28.7 Å². The minimum atomic E-state index is -0.943. The molecular formula is C5H12INO2. The van der Waals surface area contributed by atoms with Gasteiger partial charge in [0.1, 0.15) is 0 Å². The maximum Gasteiger partial charge on any atom is 0.404 e. The first-order chi connectivity index (χ1) is 4.27. The topological polar surface area (TPSA) is 49.3 Å². The molecule has 0 aromatic rings. The van der Waals surface area contributed by atoms with E-state index in [-0.39, 0.29) is 0 Å². The second-order valence-corrected chi connectivity index (χ2v) is 1.23. The highest BCUT2D eigenvalue weighted by molar-refractivity contribution is 14.1. The van der Waals surface area contributed by atoms with Gasteiger partial charge >= 0.3 is 6.09 Å². The first-order valence-electron chi connectivity index (χ1n) is 2.62. The van der Waals surface area contributed by atoms with Gasteiger partial charge in [-0.05, 0) is 11.4 Å². The summed E-state index contributed by atoms with van der Waals surface area (Å²) in [5.41, 5.74) is 0. The number of hydrogen-bond acceptors (Lipinski definition) is 1. The Labute approximate surface area is 69.0 Å². The van der Waals surface area contributed by atoms with Crippen LogP contribution < -0.4 is 5.32 Å². The summed E-state index contributed by atoms with van der Waals surface area (Å²) >= 11 is 2.15. The average Bonchev–Trinajstić information content (AvgIpc) is 1.88. The van der Waals surface area contributed by atoms with Crippen molar-refractivity contribution in [2.75, 3.05) is 11.5 Å². The maximum absolute atomic E-state index is 9.65. The van der Waals surface area contributed by atoms with Crippen LogP contribution in [0.1, 0.15) is 13.3 Å². The van der Waals surface area contributed by atoms with Gasteiger partial charge in [-0.15, -0.1) is 0 Å². The first kappa shape index (κ1) is 11.8. The van der Waals surface area contributed by atoms with E-state index in [0.29, 0.717) is 6.54 Å². The molecule has 0 spiro atoms. The van der Waals surface area contributed by atoms with Crippen LogP contribution in [0.5, 0.6) is 0 Å². The Bertz CT molecular complexity index is 68.0. The molecule has 0 aliphatic carbocycles. The zero-order valence-corrected chi connectivity index (χ0v) is 7.81. The van der Waals surface area contributed by atoms with Gasteiger partial charge in [0.05, 0.1) is 0 Å². The second kappa shape index (κ2) is 10.9. The lowest BCUT2D eigenvalue weighted by molar-refractivity contribution is 0.194. The van der Waals surface area contributed by atoms with E-state index in [1.54, 1.807) is 0 Å². The highest BCUT2D eigenvalue weighted by Crippen LogP contribution is 1.67. The van der Waals surface area contributed by atoms with Crippen LogP contribution >= 0.6 is 22.6 Å². The molecule has 0 aliphatic rings. The van der Waals surface area contributed by atoms with Crippen LogP contribution in [0, 0.1) is 0 Å². The van der Waals surface area contributed by atoms with E-state index in [1.165, 1.54) is 0 Å². The Balaban J connectivity index is 0. The molecule has 0 aromatic carbocycles. The van der Waals surface area contributed by atoms with Crippen molar-refractivity contribution in [3.8, 4) is 0 Å². The van der Waals surface area contributed by atoms with Crippen molar-refractivity contribution in [1.82, 2.24) is 5.32 Å². The lowest BCUT2D eigenvalue weighted by Gasteiger charge is -1.91. The number of amides is 1. The minimum Gasteiger partial charge on any atom is -0.465 e. The first-order valence-corrected chi connectivity index (χ1v) is 4.77. The van der Waals surface area contributed by atoms with Gasteiger partial charge in [0.15, 0.2) is 0 Å². The van der Waals surface area contributed by atoms with Gasteiger partial charge in [0.2, 0.25) is 0 Å². The number of carbonyl (C=O) groups is 1. The molecule has 0 heterocycles. The molecule has 0 atom stereocenters. The molecule has 1 amide bonds. The minimum absolute atomic E-state index is 0.551. The Morgan fingerprint density at radius 1 is 1.67 bits per heavy atom. The molecular weight excluding hydrogens is 233 g/mol. The van der Waals surface area contributed by atoms with Crippen LogP contribution in [0.3, 0.4) is 0 Å². The van der Waals surface area contributed by atoms with Crippen LogP contribution in [0.4, 0.5) is 4.79 Å². The molecule has 4 heteroatoms. The van der Waals surface area contributed by atoms with Gasteiger partial charge in [-0.25, -0.2) is 4.79 Å². The molecule has 0 rings (SSSR count). The van der Waals surface area contributed by atoms with Crippen LogP contribution in [0.2, 0.25) is 0 Å². The van der Waals surface area contributed by atoms with Gasteiger partial charge in [-0.3, -0.25) is 0 Å². The van der Waals surface area contributed by atoms with Crippen LogP contribution in [0.15, 0.2) is 0 Å². The molecule has 0 aliphatic heterocycles. The summed E-state index contributed by atoms with van der Waals surface area (Å²) in [5.74, 6) is 0. The summed E-state index contributed by atoms with van der Waals surface area (Å²) in [6.07, 6.45) is -0.0893. The normalized spacial score (nSPS) is 7.00.